The number of rotatable bonds is 2. The SMILES string of the molecule is COc1ccc(C(=O)N2CCc3nc4cc[nH]n4c(=O)c3C2)c(C)c1. The van der Waals surface area contributed by atoms with Crippen molar-refractivity contribution in [3.05, 3.63) is 63.2 Å². The van der Waals surface area contributed by atoms with Crippen molar-refractivity contribution in [2.75, 3.05) is 13.7 Å². The highest BCUT2D eigenvalue weighted by atomic mass is 16.5. The summed E-state index contributed by atoms with van der Waals surface area (Å²) in [4.78, 5) is 31.8. The van der Waals surface area contributed by atoms with Gasteiger partial charge in [-0.3, -0.25) is 14.7 Å². The molecule has 7 heteroatoms. The molecular weight excluding hydrogens is 320 g/mol. The summed E-state index contributed by atoms with van der Waals surface area (Å²) >= 11 is 0. The smallest absolute Gasteiger partial charge is 0.277 e. The van der Waals surface area contributed by atoms with Gasteiger partial charge in [0.2, 0.25) is 0 Å². The lowest BCUT2D eigenvalue weighted by Crippen LogP contribution is -2.40. The molecule has 128 valence electrons. The molecule has 4 rings (SSSR count). The fourth-order valence-electron chi connectivity index (χ4n) is 3.26. The number of carbonyl (C=O) groups excluding carboxylic acids is 1. The Hall–Kier alpha value is -3.09. The lowest BCUT2D eigenvalue weighted by molar-refractivity contribution is 0.0731. The van der Waals surface area contributed by atoms with Crippen molar-refractivity contribution < 1.29 is 9.53 Å². The quantitative estimate of drug-likeness (QED) is 0.769. The van der Waals surface area contributed by atoms with E-state index in [-0.39, 0.29) is 18.0 Å². The summed E-state index contributed by atoms with van der Waals surface area (Å²) in [6, 6.07) is 7.15. The van der Waals surface area contributed by atoms with Crippen molar-refractivity contribution in [2.45, 2.75) is 19.9 Å². The fraction of sp³-hybridized carbons (Fsp3) is 0.278. The van der Waals surface area contributed by atoms with Crippen molar-refractivity contribution in [1.29, 1.82) is 0 Å². The molecule has 1 aliphatic heterocycles. The van der Waals surface area contributed by atoms with E-state index in [9.17, 15) is 9.59 Å². The summed E-state index contributed by atoms with van der Waals surface area (Å²) in [5.74, 6) is 0.636. The molecule has 0 saturated carbocycles. The monoisotopic (exact) mass is 338 g/mol. The molecule has 0 spiro atoms. The molecule has 1 aliphatic rings. The molecule has 0 saturated heterocycles. The Morgan fingerprint density at radius 1 is 1.32 bits per heavy atom. The minimum Gasteiger partial charge on any atom is -0.497 e. The van der Waals surface area contributed by atoms with Crippen LogP contribution in [0.25, 0.3) is 5.65 Å². The van der Waals surface area contributed by atoms with Crippen LogP contribution in [0.1, 0.15) is 27.2 Å². The van der Waals surface area contributed by atoms with E-state index in [0.29, 0.717) is 29.7 Å². The van der Waals surface area contributed by atoms with Gasteiger partial charge in [0.15, 0.2) is 5.65 Å². The summed E-state index contributed by atoms with van der Waals surface area (Å²) in [7, 11) is 1.60. The first-order valence-electron chi connectivity index (χ1n) is 8.10. The largest absolute Gasteiger partial charge is 0.497 e. The van der Waals surface area contributed by atoms with Crippen LogP contribution in [-0.2, 0) is 13.0 Å². The Morgan fingerprint density at radius 2 is 2.16 bits per heavy atom. The van der Waals surface area contributed by atoms with Crippen LogP contribution in [0.4, 0.5) is 0 Å². The molecular formula is C18H18N4O3. The number of benzene rings is 1. The number of aromatic nitrogens is 3. The summed E-state index contributed by atoms with van der Waals surface area (Å²) in [5, 5.41) is 2.86. The number of hydrogen-bond acceptors (Lipinski definition) is 4. The van der Waals surface area contributed by atoms with Crippen molar-refractivity contribution in [3.8, 4) is 5.75 Å². The number of aryl methyl sites for hydroxylation is 1. The number of nitrogens with one attached hydrogen (secondary N) is 1. The Kier molecular flexibility index (Phi) is 3.56. The molecule has 2 aromatic heterocycles. The number of aromatic amines is 1. The average Bonchev–Trinajstić information content (AvgIpc) is 3.09. The molecule has 1 aromatic carbocycles. The van der Waals surface area contributed by atoms with Gasteiger partial charge >= 0.3 is 0 Å². The summed E-state index contributed by atoms with van der Waals surface area (Å²) in [5.41, 5.74) is 3.29. The number of carbonyl (C=O) groups is 1. The first-order valence-corrected chi connectivity index (χ1v) is 8.10. The number of ether oxygens (including phenoxy) is 1. The summed E-state index contributed by atoms with van der Waals surface area (Å²) in [6.07, 6.45) is 2.26. The molecule has 25 heavy (non-hydrogen) atoms. The van der Waals surface area contributed by atoms with Crippen LogP contribution in [0.2, 0.25) is 0 Å². The lowest BCUT2D eigenvalue weighted by atomic mass is 10.0. The molecule has 0 aliphatic carbocycles. The summed E-state index contributed by atoms with van der Waals surface area (Å²) in [6.45, 7) is 2.70. The lowest BCUT2D eigenvalue weighted by Gasteiger charge is -2.28. The van der Waals surface area contributed by atoms with Gasteiger partial charge in [-0.1, -0.05) is 0 Å². The normalized spacial score (nSPS) is 13.8. The molecule has 3 aromatic rings. The van der Waals surface area contributed by atoms with E-state index in [1.165, 1.54) is 4.52 Å². The second-order valence-electron chi connectivity index (χ2n) is 6.16. The molecule has 0 atom stereocenters. The Labute approximate surface area is 143 Å². The van der Waals surface area contributed by atoms with Crippen LogP contribution < -0.4 is 10.3 Å². The first-order chi connectivity index (χ1) is 12.1. The van der Waals surface area contributed by atoms with Crippen molar-refractivity contribution in [1.82, 2.24) is 19.5 Å². The van der Waals surface area contributed by atoms with Crippen molar-refractivity contribution in [3.63, 3.8) is 0 Å². The number of fused-ring (bicyclic) bond motifs is 2. The van der Waals surface area contributed by atoms with E-state index < -0.39 is 0 Å². The number of methoxy groups -OCH3 is 1. The molecule has 1 amide bonds. The van der Waals surface area contributed by atoms with Gasteiger partial charge in [-0.25, -0.2) is 9.50 Å². The minimum atomic E-state index is -0.144. The van der Waals surface area contributed by atoms with Gasteiger partial charge in [0.05, 0.1) is 24.9 Å². The maximum absolute atomic E-state index is 12.9. The minimum absolute atomic E-state index is 0.0817. The van der Waals surface area contributed by atoms with Gasteiger partial charge in [-0.2, -0.15) is 0 Å². The maximum Gasteiger partial charge on any atom is 0.277 e. The van der Waals surface area contributed by atoms with E-state index in [4.69, 9.17) is 4.74 Å². The van der Waals surface area contributed by atoms with E-state index >= 15 is 0 Å². The predicted octanol–water partition coefficient (Wildman–Crippen LogP) is 1.54. The van der Waals surface area contributed by atoms with Crippen LogP contribution in [0.15, 0.2) is 35.3 Å². The van der Waals surface area contributed by atoms with Crippen molar-refractivity contribution >= 4 is 11.6 Å². The number of amides is 1. The molecule has 0 fully saturated rings. The number of H-pyrrole nitrogens is 1. The highest BCUT2D eigenvalue weighted by molar-refractivity contribution is 5.96. The zero-order valence-corrected chi connectivity index (χ0v) is 14.1. The van der Waals surface area contributed by atoms with Crippen LogP contribution in [0.5, 0.6) is 5.75 Å². The first kappa shape index (κ1) is 15.4. The third-order valence-corrected chi connectivity index (χ3v) is 4.64. The van der Waals surface area contributed by atoms with E-state index in [2.05, 4.69) is 10.1 Å². The third kappa shape index (κ3) is 2.48. The standard InChI is InChI=1S/C18H18N4O3/c1-11-9-12(25-2)3-4-13(11)17(23)21-8-6-15-14(10-21)18(24)22-16(20-15)5-7-19-22/h3-5,7,9,19H,6,8,10H2,1-2H3. The molecule has 7 nitrogen and oxygen atoms in total. The van der Waals surface area contributed by atoms with Gasteiger partial charge < -0.3 is 9.64 Å². The fourth-order valence-corrected chi connectivity index (χ4v) is 3.26. The molecule has 0 unspecified atom stereocenters. The third-order valence-electron chi connectivity index (χ3n) is 4.64. The van der Waals surface area contributed by atoms with Crippen LogP contribution in [0.3, 0.4) is 0 Å². The Morgan fingerprint density at radius 3 is 2.92 bits per heavy atom. The van der Waals surface area contributed by atoms with Gasteiger partial charge in [0, 0.05) is 30.8 Å². The zero-order chi connectivity index (χ0) is 17.6. The Bertz CT molecular complexity index is 1030. The highest BCUT2D eigenvalue weighted by Gasteiger charge is 2.26. The zero-order valence-electron chi connectivity index (χ0n) is 14.1. The molecule has 0 radical (unpaired) electrons. The Balaban J connectivity index is 1.68. The average molecular weight is 338 g/mol. The van der Waals surface area contributed by atoms with Gasteiger partial charge in [-0.15, -0.1) is 0 Å². The second-order valence-corrected chi connectivity index (χ2v) is 6.16. The van der Waals surface area contributed by atoms with E-state index in [1.54, 1.807) is 36.4 Å². The molecule has 1 N–H and O–H groups in total. The van der Waals surface area contributed by atoms with Crippen molar-refractivity contribution in [2.24, 2.45) is 0 Å². The van der Waals surface area contributed by atoms with Crippen LogP contribution in [-0.4, -0.2) is 39.1 Å². The summed E-state index contributed by atoms with van der Waals surface area (Å²) < 4.78 is 6.60. The maximum atomic E-state index is 12.9. The van der Waals surface area contributed by atoms with Crippen LogP contribution in [0, 0.1) is 6.92 Å². The molecule has 3 heterocycles. The number of nitrogens with zero attached hydrogens (tertiary/aromatic N) is 3. The molecule has 0 bridgehead atoms. The van der Waals surface area contributed by atoms with Gasteiger partial charge in [0.25, 0.3) is 11.5 Å². The van der Waals surface area contributed by atoms with E-state index in [1.807, 2.05) is 13.0 Å². The van der Waals surface area contributed by atoms with E-state index in [0.717, 1.165) is 17.0 Å². The number of hydrogen-bond donors (Lipinski definition) is 1. The van der Waals surface area contributed by atoms with Gasteiger partial charge in [0.1, 0.15) is 5.75 Å². The van der Waals surface area contributed by atoms with Crippen LogP contribution >= 0.6 is 0 Å². The predicted molar refractivity (Wildman–Crippen MR) is 92.0 cm³/mol. The van der Waals surface area contributed by atoms with Gasteiger partial charge in [-0.05, 0) is 30.7 Å². The topological polar surface area (TPSA) is 79.7 Å². The second kappa shape index (κ2) is 5.77. The highest BCUT2D eigenvalue weighted by Crippen LogP contribution is 2.21.